The minimum Gasteiger partial charge on any atom is -0.371 e. The first-order chi connectivity index (χ1) is 9.84. The molecule has 2 aromatic rings. The fraction of sp³-hybridized carbons (Fsp3) is 0.263. The highest BCUT2D eigenvalue weighted by Gasteiger charge is 2.15. The van der Waals surface area contributed by atoms with Crippen molar-refractivity contribution in [2.75, 3.05) is 18.0 Å². The van der Waals surface area contributed by atoms with Crippen LogP contribution in [-0.2, 0) is 6.42 Å². The minimum atomic E-state index is 1.03. The Morgan fingerprint density at radius 3 is 2.60 bits per heavy atom. The van der Waals surface area contributed by atoms with Gasteiger partial charge in [-0.15, -0.1) is 0 Å². The molecule has 0 atom stereocenters. The van der Waals surface area contributed by atoms with E-state index in [0.29, 0.717) is 0 Å². The number of rotatable bonds is 4. The van der Waals surface area contributed by atoms with Crippen molar-refractivity contribution in [3.05, 3.63) is 72.3 Å². The van der Waals surface area contributed by atoms with Crippen molar-refractivity contribution in [2.45, 2.75) is 19.3 Å². The highest BCUT2D eigenvalue weighted by Crippen LogP contribution is 2.27. The highest BCUT2D eigenvalue weighted by molar-refractivity contribution is 5.64. The van der Waals surface area contributed by atoms with Crippen molar-refractivity contribution in [2.24, 2.45) is 0 Å². The summed E-state index contributed by atoms with van der Waals surface area (Å²) in [6, 6.07) is 19.3. The second-order valence-electron chi connectivity index (χ2n) is 5.44. The van der Waals surface area contributed by atoms with Gasteiger partial charge in [0.2, 0.25) is 0 Å². The molecule has 0 amide bonds. The van der Waals surface area contributed by atoms with Crippen LogP contribution >= 0.6 is 0 Å². The van der Waals surface area contributed by atoms with Gasteiger partial charge in [0.05, 0.1) is 0 Å². The number of para-hydroxylation sites is 1. The Kier molecular flexibility index (Phi) is 3.87. The van der Waals surface area contributed by atoms with E-state index >= 15 is 0 Å². The fourth-order valence-corrected chi connectivity index (χ4v) is 2.93. The Morgan fingerprint density at radius 1 is 1.00 bits per heavy atom. The van der Waals surface area contributed by atoms with Gasteiger partial charge in [0.1, 0.15) is 0 Å². The number of hydrogen-bond donors (Lipinski definition) is 0. The van der Waals surface area contributed by atoms with Crippen LogP contribution in [0.4, 0.5) is 5.69 Å². The molecule has 102 valence electrons. The number of anilines is 1. The fourth-order valence-electron chi connectivity index (χ4n) is 2.93. The maximum absolute atomic E-state index is 4.24. The minimum absolute atomic E-state index is 1.03. The van der Waals surface area contributed by atoms with Crippen LogP contribution in [0.25, 0.3) is 5.57 Å². The molecule has 0 spiro atoms. The average Bonchev–Trinajstić information content (AvgIpc) is 2.53. The van der Waals surface area contributed by atoms with Crippen LogP contribution in [0.2, 0.25) is 0 Å². The Balaban J connectivity index is 1.67. The Labute approximate surface area is 121 Å². The van der Waals surface area contributed by atoms with Crippen LogP contribution in [0.1, 0.15) is 24.0 Å². The summed E-state index contributed by atoms with van der Waals surface area (Å²) in [5.41, 5.74) is 5.40. The lowest BCUT2D eigenvalue weighted by Crippen LogP contribution is -2.30. The summed E-state index contributed by atoms with van der Waals surface area (Å²) in [5.74, 6) is 0. The highest BCUT2D eigenvalue weighted by atomic mass is 15.1. The third kappa shape index (κ3) is 2.77. The molecular weight excluding hydrogens is 242 g/mol. The van der Waals surface area contributed by atoms with E-state index < -0.39 is 0 Å². The SMILES string of the molecule is C=C(CCN1CCCc2ccccc21)c1ccccc1. The summed E-state index contributed by atoms with van der Waals surface area (Å²) >= 11 is 0. The van der Waals surface area contributed by atoms with E-state index in [0.717, 1.165) is 13.0 Å². The maximum Gasteiger partial charge on any atom is 0.0398 e. The van der Waals surface area contributed by atoms with Crippen LogP contribution in [-0.4, -0.2) is 13.1 Å². The summed E-state index contributed by atoms with van der Waals surface area (Å²) in [6.45, 7) is 6.46. The van der Waals surface area contributed by atoms with E-state index in [-0.39, 0.29) is 0 Å². The molecule has 0 aliphatic carbocycles. The zero-order chi connectivity index (χ0) is 13.8. The summed E-state index contributed by atoms with van der Waals surface area (Å²) in [5, 5.41) is 0. The normalized spacial score (nSPS) is 13.9. The van der Waals surface area contributed by atoms with Crippen molar-refractivity contribution in [1.29, 1.82) is 0 Å². The van der Waals surface area contributed by atoms with Gasteiger partial charge in [-0.3, -0.25) is 0 Å². The molecular formula is C19H21N. The first kappa shape index (κ1) is 13.0. The second-order valence-corrected chi connectivity index (χ2v) is 5.44. The predicted molar refractivity (Wildman–Crippen MR) is 87.1 cm³/mol. The molecule has 0 aromatic heterocycles. The van der Waals surface area contributed by atoms with Gasteiger partial charge < -0.3 is 4.90 Å². The van der Waals surface area contributed by atoms with Crippen molar-refractivity contribution >= 4 is 11.3 Å². The van der Waals surface area contributed by atoms with Crippen LogP contribution in [0.15, 0.2) is 61.2 Å². The van der Waals surface area contributed by atoms with Crippen LogP contribution in [0.5, 0.6) is 0 Å². The molecule has 0 saturated carbocycles. The lowest BCUT2D eigenvalue weighted by Gasteiger charge is -2.31. The molecule has 1 heteroatoms. The number of benzene rings is 2. The largest absolute Gasteiger partial charge is 0.371 e. The van der Waals surface area contributed by atoms with Gasteiger partial charge in [-0.05, 0) is 42.0 Å². The van der Waals surface area contributed by atoms with Gasteiger partial charge >= 0.3 is 0 Å². The molecule has 2 aromatic carbocycles. The van der Waals surface area contributed by atoms with Gasteiger partial charge in [-0.2, -0.15) is 0 Å². The van der Waals surface area contributed by atoms with Crippen molar-refractivity contribution in [3.63, 3.8) is 0 Å². The van der Waals surface area contributed by atoms with Crippen LogP contribution < -0.4 is 4.90 Å². The molecule has 1 aliphatic heterocycles. The van der Waals surface area contributed by atoms with Crippen LogP contribution in [0.3, 0.4) is 0 Å². The Hall–Kier alpha value is -2.02. The predicted octanol–water partition coefficient (Wildman–Crippen LogP) is 4.54. The van der Waals surface area contributed by atoms with E-state index in [9.17, 15) is 0 Å². The zero-order valence-corrected chi connectivity index (χ0v) is 11.9. The molecule has 0 radical (unpaired) electrons. The Morgan fingerprint density at radius 2 is 1.75 bits per heavy atom. The van der Waals surface area contributed by atoms with Crippen LogP contribution in [0, 0.1) is 0 Å². The van der Waals surface area contributed by atoms with Crippen molar-refractivity contribution in [3.8, 4) is 0 Å². The molecule has 0 N–H and O–H groups in total. The average molecular weight is 263 g/mol. The maximum atomic E-state index is 4.24. The lowest BCUT2D eigenvalue weighted by molar-refractivity contribution is 0.695. The summed E-state index contributed by atoms with van der Waals surface area (Å²) < 4.78 is 0. The van der Waals surface area contributed by atoms with E-state index in [1.54, 1.807) is 0 Å². The first-order valence-corrected chi connectivity index (χ1v) is 7.40. The third-order valence-corrected chi connectivity index (χ3v) is 4.07. The molecule has 1 aliphatic rings. The molecule has 1 nitrogen and oxygen atoms in total. The quantitative estimate of drug-likeness (QED) is 0.782. The topological polar surface area (TPSA) is 3.24 Å². The van der Waals surface area contributed by atoms with Gasteiger partial charge in [-0.25, -0.2) is 0 Å². The number of hydrogen-bond acceptors (Lipinski definition) is 1. The standard InChI is InChI=1S/C19H21N/c1-16(17-8-3-2-4-9-17)13-15-20-14-7-11-18-10-5-6-12-19(18)20/h2-6,8-10,12H,1,7,11,13-15H2. The van der Waals surface area contributed by atoms with Crippen molar-refractivity contribution in [1.82, 2.24) is 0 Å². The molecule has 1 heterocycles. The van der Waals surface area contributed by atoms with Crippen molar-refractivity contribution < 1.29 is 0 Å². The lowest BCUT2D eigenvalue weighted by atomic mass is 10.00. The van der Waals surface area contributed by atoms with E-state index in [2.05, 4.69) is 66.1 Å². The summed E-state index contributed by atoms with van der Waals surface area (Å²) in [6.07, 6.45) is 3.50. The molecule has 0 unspecified atom stereocenters. The van der Waals surface area contributed by atoms with E-state index in [4.69, 9.17) is 0 Å². The number of aryl methyl sites for hydroxylation is 1. The summed E-state index contributed by atoms with van der Waals surface area (Å²) in [4.78, 5) is 2.51. The van der Waals surface area contributed by atoms with E-state index in [1.165, 1.54) is 41.8 Å². The molecule has 20 heavy (non-hydrogen) atoms. The van der Waals surface area contributed by atoms with Gasteiger partial charge in [-0.1, -0.05) is 55.1 Å². The number of nitrogens with zero attached hydrogens (tertiary/aromatic N) is 1. The monoisotopic (exact) mass is 263 g/mol. The van der Waals surface area contributed by atoms with Gasteiger partial charge in [0.15, 0.2) is 0 Å². The molecule has 0 bridgehead atoms. The number of fused-ring (bicyclic) bond motifs is 1. The molecule has 0 saturated heterocycles. The van der Waals surface area contributed by atoms with Gasteiger partial charge in [0.25, 0.3) is 0 Å². The second kappa shape index (κ2) is 5.96. The first-order valence-electron chi connectivity index (χ1n) is 7.40. The third-order valence-electron chi connectivity index (χ3n) is 4.07. The molecule has 3 rings (SSSR count). The van der Waals surface area contributed by atoms with Gasteiger partial charge in [0, 0.05) is 18.8 Å². The van der Waals surface area contributed by atoms with E-state index in [1.807, 2.05) is 0 Å². The zero-order valence-electron chi connectivity index (χ0n) is 11.9. The molecule has 0 fully saturated rings. The Bertz CT molecular complexity index is 586. The summed E-state index contributed by atoms with van der Waals surface area (Å²) in [7, 11) is 0. The smallest absolute Gasteiger partial charge is 0.0398 e.